The van der Waals surface area contributed by atoms with Crippen molar-refractivity contribution in [1.29, 1.82) is 0 Å². The molecule has 1 fully saturated rings. The van der Waals surface area contributed by atoms with Gasteiger partial charge in [-0.2, -0.15) is 0 Å². The Labute approximate surface area is 127 Å². The van der Waals surface area contributed by atoms with E-state index in [2.05, 4.69) is 0 Å². The van der Waals surface area contributed by atoms with Gasteiger partial charge in [0.15, 0.2) is 0 Å². The van der Waals surface area contributed by atoms with Gasteiger partial charge in [-0.25, -0.2) is 9.69 Å². The van der Waals surface area contributed by atoms with Crippen LogP contribution in [0.4, 0.5) is 5.69 Å². The van der Waals surface area contributed by atoms with Crippen LogP contribution in [-0.2, 0) is 19.1 Å². The second-order valence-corrected chi connectivity index (χ2v) is 5.77. The van der Waals surface area contributed by atoms with Crippen LogP contribution in [0.15, 0.2) is 36.4 Å². The summed E-state index contributed by atoms with van der Waals surface area (Å²) in [5.41, 5.74) is 0.700. The lowest BCUT2D eigenvalue weighted by molar-refractivity contribution is -0.127. The number of imide groups is 1. The van der Waals surface area contributed by atoms with E-state index in [4.69, 9.17) is 9.47 Å². The maximum absolute atomic E-state index is 12.0. The molecule has 22 heavy (non-hydrogen) atoms. The molecule has 0 bridgehead atoms. The van der Waals surface area contributed by atoms with E-state index >= 15 is 0 Å². The molecule has 0 N–H and O–H groups in total. The third kappa shape index (κ3) is 2.65. The fourth-order valence-electron chi connectivity index (χ4n) is 2.26. The van der Waals surface area contributed by atoms with Crippen molar-refractivity contribution in [2.45, 2.75) is 6.92 Å². The minimum atomic E-state index is -0.433. The number of rotatable bonds is 4. The summed E-state index contributed by atoms with van der Waals surface area (Å²) in [6, 6.07) is 6.17. The van der Waals surface area contributed by atoms with E-state index in [1.54, 1.807) is 12.1 Å². The molecule has 0 atom stereocenters. The van der Waals surface area contributed by atoms with Gasteiger partial charge in [0.1, 0.15) is 6.61 Å². The van der Waals surface area contributed by atoms with Crippen LogP contribution in [0.3, 0.4) is 0 Å². The molecule has 0 aliphatic carbocycles. The molecule has 0 spiro atoms. The summed E-state index contributed by atoms with van der Waals surface area (Å²) in [4.78, 5) is 36.2. The lowest BCUT2D eigenvalue weighted by Crippen LogP contribution is -2.44. The first kappa shape index (κ1) is 14.5. The van der Waals surface area contributed by atoms with E-state index in [0.717, 1.165) is 4.90 Å². The van der Waals surface area contributed by atoms with Gasteiger partial charge in [0.2, 0.25) is 0 Å². The molecule has 0 aromatic heterocycles. The number of hydrogen-bond donors (Lipinski definition) is 0. The predicted octanol–water partition coefficient (Wildman–Crippen LogP) is 1.31. The minimum Gasteiger partial charge on any atom is -0.461 e. The highest BCUT2D eigenvalue weighted by molar-refractivity contribution is 6.28. The zero-order chi connectivity index (χ0) is 15.7. The maximum atomic E-state index is 12.0. The van der Waals surface area contributed by atoms with E-state index < -0.39 is 17.8 Å². The zero-order valence-corrected chi connectivity index (χ0v) is 12.1. The molecule has 2 aliphatic heterocycles. The van der Waals surface area contributed by atoms with Gasteiger partial charge in [-0.1, -0.05) is 6.92 Å². The normalized spacial score (nSPS) is 19.2. The molecular formula is C16H15NO5. The Morgan fingerprint density at radius 3 is 2.27 bits per heavy atom. The topological polar surface area (TPSA) is 72.9 Å². The smallest absolute Gasteiger partial charge is 0.338 e. The fraction of sp³-hybridized carbons (Fsp3) is 0.312. The van der Waals surface area contributed by atoms with E-state index in [9.17, 15) is 14.4 Å². The Hall–Kier alpha value is -2.47. The highest BCUT2D eigenvalue weighted by atomic mass is 16.5. The monoisotopic (exact) mass is 301 g/mol. The van der Waals surface area contributed by atoms with Gasteiger partial charge in [-0.05, 0) is 24.3 Å². The summed E-state index contributed by atoms with van der Waals surface area (Å²) >= 11 is 0. The molecular weight excluding hydrogens is 286 g/mol. The maximum Gasteiger partial charge on any atom is 0.338 e. The van der Waals surface area contributed by atoms with Crippen LogP contribution >= 0.6 is 0 Å². The number of nitrogens with zero attached hydrogens (tertiary/aromatic N) is 1. The summed E-state index contributed by atoms with van der Waals surface area (Å²) < 4.78 is 10.4. The standard InChI is InChI=1S/C16H15NO5/c1-16(8-21-9-16)10-22-15(20)11-2-4-12(5-3-11)17-13(18)6-7-14(17)19/h2-7H,8-10H2,1H3. The van der Waals surface area contributed by atoms with Crippen molar-refractivity contribution < 1.29 is 23.9 Å². The second-order valence-electron chi connectivity index (χ2n) is 5.77. The van der Waals surface area contributed by atoms with Gasteiger partial charge in [-0.3, -0.25) is 9.59 Å². The molecule has 0 unspecified atom stereocenters. The average Bonchev–Trinajstić information content (AvgIpc) is 2.82. The number of benzene rings is 1. The second kappa shape index (κ2) is 5.38. The molecule has 3 rings (SSSR count). The number of anilines is 1. The van der Waals surface area contributed by atoms with Crippen LogP contribution in [0.2, 0.25) is 0 Å². The van der Waals surface area contributed by atoms with Gasteiger partial charge >= 0.3 is 5.97 Å². The van der Waals surface area contributed by atoms with E-state index in [0.29, 0.717) is 31.1 Å². The van der Waals surface area contributed by atoms with Crippen molar-refractivity contribution >= 4 is 23.5 Å². The Morgan fingerprint density at radius 1 is 1.18 bits per heavy atom. The first-order valence-corrected chi connectivity index (χ1v) is 6.90. The minimum absolute atomic E-state index is 0.102. The highest BCUT2D eigenvalue weighted by Crippen LogP contribution is 2.27. The summed E-state index contributed by atoms with van der Waals surface area (Å²) in [7, 11) is 0. The fourth-order valence-corrected chi connectivity index (χ4v) is 2.26. The Balaban J connectivity index is 1.65. The average molecular weight is 301 g/mol. The van der Waals surface area contributed by atoms with Crippen LogP contribution < -0.4 is 4.90 Å². The first-order valence-electron chi connectivity index (χ1n) is 6.90. The number of hydrogen-bond acceptors (Lipinski definition) is 5. The highest BCUT2D eigenvalue weighted by Gasteiger charge is 2.35. The number of esters is 1. The van der Waals surface area contributed by atoms with Crippen molar-refractivity contribution in [3.63, 3.8) is 0 Å². The summed E-state index contributed by atoms with van der Waals surface area (Å²) in [6.07, 6.45) is 2.43. The zero-order valence-electron chi connectivity index (χ0n) is 12.1. The van der Waals surface area contributed by atoms with Crippen LogP contribution in [0.25, 0.3) is 0 Å². The Morgan fingerprint density at radius 2 is 1.77 bits per heavy atom. The number of ether oxygens (including phenoxy) is 2. The SMILES string of the molecule is CC1(COC(=O)c2ccc(N3C(=O)C=CC3=O)cc2)COC1. The van der Waals surface area contributed by atoms with Gasteiger partial charge < -0.3 is 9.47 Å². The number of amides is 2. The quantitative estimate of drug-likeness (QED) is 0.619. The molecule has 1 saturated heterocycles. The third-order valence-electron chi connectivity index (χ3n) is 3.62. The molecule has 1 aromatic carbocycles. The summed E-state index contributed by atoms with van der Waals surface area (Å²) in [5.74, 6) is -1.21. The van der Waals surface area contributed by atoms with Crippen molar-refractivity contribution in [3.8, 4) is 0 Å². The molecule has 2 aliphatic rings. The first-order chi connectivity index (χ1) is 10.5. The molecule has 6 nitrogen and oxygen atoms in total. The number of carbonyl (C=O) groups excluding carboxylic acids is 3. The Bertz CT molecular complexity index is 640. The van der Waals surface area contributed by atoms with Crippen molar-refractivity contribution in [1.82, 2.24) is 0 Å². The molecule has 6 heteroatoms. The molecule has 2 amide bonds. The van der Waals surface area contributed by atoms with E-state index in [1.165, 1.54) is 24.3 Å². The van der Waals surface area contributed by atoms with Crippen LogP contribution in [0, 0.1) is 5.41 Å². The van der Waals surface area contributed by atoms with Crippen LogP contribution in [0.1, 0.15) is 17.3 Å². The predicted molar refractivity (Wildman–Crippen MR) is 77.3 cm³/mol. The summed E-state index contributed by atoms with van der Waals surface area (Å²) in [6.45, 7) is 3.47. The molecule has 0 radical (unpaired) electrons. The van der Waals surface area contributed by atoms with Crippen molar-refractivity contribution in [2.24, 2.45) is 5.41 Å². The molecule has 0 saturated carbocycles. The van der Waals surface area contributed by atoms with Crippen molar-refractivity contribution in [2.75, 3.05) is 24.7 Å². The van der Waals surface area contributed by atoms with Gasteiger partial charge in [0.05, 0.1) is 24.5 Å². The van der Waals surface area contributed by atoms with Gasteiger partial charge in [0, 0.05) is 17.6 Å². The lowest BCUT2D eigenvalue weighted by atomic mass is 9.90. The van der Waals surface area contributed by atoms with Crippen molar-refractivity contribution in [3.05, 3.63) is 42.0 Å². The molecule has 2 heterocycles. The third-order valence-corrected chi connectivity index (χ3v) is 3.62. The Kier molecular flexibility index (Phi) is 3.54. The van der Waals surface area contributed by atoms with Crippen LogP contribution in [-0.4, -0.2) is 37.6 Å². The van der Waals surface area contributed by atoms with Gasteiger partial charge in [-0.15, -0.1) is 0 Å². The van der Waals surface area contributed by atoms with E-state index in [1.807, 2.05) is 6.92 Å². The molecule has 1 aromatic rings. The largest absolute Gasteiger partial charge is 0.461 e. The summed E-state index contributed by atoms with van der Waals surface area (Å²) in [5, 5.41) is 0. The van der Waals surface area contributed by atoms with Crippen LogP contribution in [0.5, 0.6) is 0 Å². The van der Waals surface area contributed by atoms with Gasteiger partial charge in [0.25, 0.3) is 11.8 Å². The molecule has 114 valence electrons. The van der Waals surface area contributed by atoms with E-state index in [-0.39, 0.29) is 5.41 Å². The number of carbonyl (C=O) groups is 3. The lowest BCUT2D eigenvalue weighted by Gasteiger charge is -2.37.